The Labute approximate surface area is 191 Å². The van der Waals surface area contributed by atoms with Gasteiger partial charge in [-0.3, -0.25) is 4.99 Å². The molecule has 0 radical (unpaired) electrons. The van der Waals surface area contributed by atoms with E-state index in [9.17, 15) is 0 Å². The number of halogens is 1. The average Bonchev–Trinajstić information content (AvgIpc) is 2.77. The smallest absolute Gasteiger partial charge is 0.193 e. The predicted octanol–water partition coefficient (Wildman–Crippen LogP) is 3.56. The van der Waals surface area contributed by atoms with Gasteiger partial charge in [-0.1, -0.05) is 36.4 Å². The number of benzene rings is 1. The van der Waals surface area contributed by atoms with Gasteiger partial charge in [0.2, 0.25) is 0 Å². The Hall–Kier alpha value is -1.87. The fraction of sp³-hybridized carbons (Fsp3) is 0.455. The largest absolute Gasteiger partial charge is 0.374 e. The Balaban J connectivity index is 0.00000300. The maximum Gasteiger partial charge on any atom is 0.193 e. The van der Waals surface area contributed by atoms with E-state index in [4.69, 9.17) is 4.74 Å². The van der Waals surface area contributed by atoms with E-state index in [0.29, 0.717) is 0 Å². The first-order valence-corrected chi connectivity index (χ1v) is 10.1. The van der Waals surface area contributed by atoms with Gasteiger partial charge in [0.15, 0.2) is 5.96 Å². The number of aromatic nitrogens is 1. The standard InChI is InChI=1S/C22H31N5O.HI/c1-19(20-9-4-3-5-10-20)28-18-8-13-25-22(23-2)27-16-14-26(15-17-27)21-11-6-7-12-24-21;/h3-7,9-12,19H,8,13-18H2,1-2H3,(H,23,25);1H. The molecule has 1 unspecified atom stereocenters. The van der Waals surface area contributed by atoms with E-state index in [1.54, 1.807) is 0 Å². The molecule has 1 aromatic heterocycles. The normalized spacial score (nSPS) is 15.6. The molecule has 3 rings (SSSR count). The summed E-state index contributed by atoms with van der Waals surface area (Å²) in [5.74, 6) is 2.02. The fourth-order valence-electron chi connectivity index (χ4n) is 3.37. The number of hydrogen-bond donors (Lipinski definition) is 1. The lowest BCUT2D eigenvalue weighted by Gasteiger charge is -2.37. The first kappa shape index (κ1) is 23.4. The van der Waals surface area contributed by atoms with Crippen LogP contribution in [0.3, 0.4) is 0 Å². The summed E-state index contributed by atoms with van der Waals surface area (Å²) in [6, 6.07) is 16.4. The van der Waals surface area contributed by atoms with Crippen LogP contribution in [0.15, 0.2) is 59.7 Å². The summed E-state index contributed by atoms with van der Waals surface area (Å²) in [5.41, 5.74) is 1.22. The van der Waals surface area contributed by atoms with Gasteiger partial charge in [-0.2, -0.15) is 0 Å². The predicted molar refractivity (Wildman–Crippen MR) is 130 cm³/mol. The third-order valence-electron chi connectivity index (χ3n) is 5.01. The number of rotatable bonds is 7. The Morgan fingerprint density at radius 2 is 1.83 bits per heavy atom. The molecule has 0 saturated carbocycles. The molecule has 1 fully saturated rings. The van der Waals surface area contributed by atoms with Crippen molar-refractivity contribution in [3.63, 3.8) is 0 Å². The summed E-state index contributed by atoms with van der Waals surface area (Å²) in [5, 5.41) is 3.47. The number of pyridine rings is 1. The SMILES string of the molecule is CN=C(NCCCOC(C)c1ccccc1)N1CCN(c2ccccn2)CC1.I. The van der Waals surface area contributed by atoms with Gasteiger partial charge in [0.25, 0.3) is 0 Å². The van der Waals surface area contributed by atoms with E-state index in [2.05, 4.69) is 50.2 Å². The molecule has 2 aromatic rings. The highest BCUT2D eigenvalue weighted by molar-refractivity contribution is 14.0. The van der Waals surface area contributed by atoms with E-state index >= 15 is 0 Å². The monoisotopic (exact) mass is 509 g/mol. The molecule has 0 bridgehead atoms. The van der Waals surface area contributed by atoms with Crippen LogP contribution in [0.25, 0.3) is 0 Å². The van der Waals surface area contributed by atoms with Crippen LogP contribution in [0.5, 0.6) is 0 Å². The van der Waals surface area contributed by atoms with Crippen molar-refractivity contribution in [2.75, 3.05) is 51.3 Å². The second kappa shape index (κ2) is 12.6. The van der Waals surface area contributed by atoms with Crippen LogP contribution in [0.4, 0.5) is 5.82 Å². The Morgan fingerprint density at radius 1 is 1.10 bits per heavy atom. The van der Waals surface area contributed by atoms with Gasteiger partial charge >= 0.3 is 0 Å². The second-order valence-corrected chi connectivity index (χ2v) is 6.91. The van der Waals surface area contributed by atoms with Crippen molar-refractivity contribution in [2.45, 2.75) is 19.4 Å². The van der Waals surface area contributed by atoms with E-state index in [-0.39, 0.29) is 30.1 Å². The van der Waals surface area contributed by atoms with Crippen LogP contribution >= 0.6 is 24.0 Å². The number of aliphatic imine (C=N–C) groups is 1. The van der Waals surface area contributed by atoms with Crippen molar-refractivity contribution in [3.05, 3.63) is 60.3 Å². The summed E-state index contributed by atoms with van der Waals surface area (Å²) in [6.45, 7) is 7.48. The van der Waals surface area contributed by atoms with Crippen molar-refractivity contribution >= 4 is 35.8 Å². The van der Waals surface area contributed by atoms with Crippen LogP contribution in [-0.2, 0) is 4.74 Å². The van der Waals surface area contributed by atoms with Gasteiger partial charge in [-0.15, -0.1) is 24.0 Å². The molecule has 0 spiro atoms. The van der Waals surface area contributed by atoms with Gasteiger partial charge in [0.1, 0.15) is 5.82 Å². The molecule has 0 amide bonds. The zero-order valence-corrected chi connectivity index (χ0v) is 19.7. The molecular weight excluding hydrogens is 477 g/mol. The fourth-order valence-corrected chi connectivity index (χ4v) is 3.37. The Bertz CT molecular complexity index is 720. The molecule has 6 nitrogen and oxygen atoms in total. The number of ether oxygens (including phenoxy) is 1. The average molecular weight is 509 g/mol. The second-order valence-electron chi connectivity index (χ2n) is 6.91. The number of piperazine rings is 1. The van der Waals surface area contributed by atoms with E-state index in [1.807, 2.05) is 43.6 Å². The number of anilines is 1. The minimum absolute atomic E-state index is 0. The van der Waals surface area contributed by atoms with Crippen molar-refractivity contribution in [3.8, 4) is 0 Å². The van der Waals surface area contributed by atoms with Crippen LogP contribution in [0.1, 0.15) is 25.0 Å². The molecule has 1 aliphatic rings. The van der Waals surface area contributed by atoms with E-state index in [0.717, 1.165) is 57.5 Å². The summed E-state index contributed by atoms with van der Waals surface area (Å²) in [4.78, 5) is 13.5. The summed E-state index contributed by atoms with van der Waals surface area (Å²) in [6.07, 6.45) is 2.92. The molecule has 1 aliphatic heterocycles. The minimum atomic E-state index is 0. The summed E-state index contributed by atoms with van der Waals surface area (Å²) in [7, 11) is 1.85. The number of hydrogen-bond acceptors (Lipinski definition) is 4. The van der Waals surface area contributed by atoms with E-state index in [1.165, 1.54) is 5.56 Å². The molecule has 1 saturated heterocycles. The first-order valence-electron chi connectivity index (χ1n) is 10.1. The molecule has 1 aromatic carbocycles. The van der Waals surface area contributed by atoms with Crippen LogP contribution in [0.2, 0.25) is 0 Å². The van der Waals surface area contributed by atoms with Gasteiger partial charge < -0.3 is 19.9 Å². The Morgan fingerprint density at radius 3 is 2.48 bits per heavy atom. The quantitative estimate of drug-likeness (QED) is 0.268. The molecule has 1 N–H and O–H groups in total. The topological polar surface area (TPSA) is 53.0 Å². The van der Waals surface area contributed by atoms with Crippen molar-refractivity contribution in [1.82, 2.24) is 15.2 Å². The third-order valence-corrected chi connectivity index (χ3v) is 5.01. The van der Waals surface area contributed by atoms with Crippen molar-refractivity contribution in [1.29, 1.82) is 0 Å². The van der Waals surface area contributed by atoms with Gasteiger partial charge in [-0.05, 0) is 31.0 Å². The van der Waals surface area contributed by atoms with Crippen molar-refractivity contribution in [2.24, 2.45) is 4.99 Å². The maximum absolute atomic E-state index is 5.94. The van der Waals surface area contributed by atoms with Crippen LogP contribution in [-0.4, -0.2) is 62.2 Å². The van der Waals surface area contributed by atoms with Crippen molar-refractivity contribution < 1.29 is 4.74 Å². The third kappa shape index (κ3) is 7.15. The lowest BCUT2D eigenvalue weighted by atomic mass is 10.1. The van der Waals surface area contributed by atoms with Crippen LogP contribution in [0, 0.1) is 0 Å². The molecule has 1 atom stereocenters. The lowest BCUT2D eigenvalue weighted by molar-refractivity contribution is 0.0645. The minimum Gasteiger partial charge on any atom is -0.374 e. The molecule has 2 heterocycles. The molecule has 29 heavy (non-hydrogen) atoms. The zero-order valence-electron chi connectivity index (χ0n) is 17.3. The highest BCUT2D eigenvalue weighted by atomic mass is 127. The first-order chi connectivity index (χ1) is 13.8. The van der Waals surface area contributed by atoms with Gasteiger partial charge in [0, 0.05) is 52.6 Å². The number of guanidine groups is 1. The van der Waals surface area contributed by atoms with Crippen LogP contribution < -0.4 is 10.2 Å². The Kier molecular flexibility index (Phi) is 10.2. The number of nitrogens with one attached hydrogen (secondary N) is 1. The summed E-state index contributed by atoms with van der Waals surface area (Å²) < 4.78 is 5.94. The molecule has 0 aliphatic carbocycles. The lowest BCUT2D eigenvalue weighted by Crippen LogP contribution is -2.52. The highest BCUT2D eigenvalue weighted by Crippen LogP contribution is 2.16. The summed E-state index contributed by atoms with van der Waals surface area (Å²) >= 11 is 0. The molecule has 7 heteroatoms. The van der Waals surface area contributed by atoms with Gasteiger partial charge in [0.05, 0.1) is 6.10 Å². The van der Waals surface area contributed by atoms with Gasteiger partial charge in [-0.25, -0.2) is 4.98 Å². The molecular formula is C22H32IN5O. The van der Waals surface area contributed by atoms with E-state index < -0.39 is 0 Å². The molecule has 158 valence electrons. The number of nitrogens with zero attached hydrogens (tertiary/aromatic N) is 4. The highest BCUT2D eigenvalue weighted by Gasteiger charge is 2.20. The zero-order chi connectivity index (χ0) is 19.6. The maximum atomic E-state index is 5.94.